The predicted octanol–water partition coefficient (Wildman–Crippen LogP) is 6.45. The van der Waals surface area contributed by atoms with Crippen LogP contribution in [0.4, 0.5) is 17.1 Å². The molecule has 0 fully saturated rings. The number of nitro groups is 2. The van der Waals surface area contributed by atoms with Crippen LogP contribution in [0.5, 0.6) is 17.2 Å². The van der Waals surface area contributed by atoms with Crippen LogP contribution < -0.4 is 23.7 Å². The lowest BCUT2D eigenvalue weighted by atomic mass is 10.2. The Hall–Kier alpha value is -6.17. The van der Waals surface area contributed by atoms with Crippen molar-refractivity contribution >= 4 is 34.2 Å². The van der Waals surface area contributed by atoms with Gasteiger partial charge in [0, 0.05) is 18.2 Å². The van der Waals surface area contributed by atoms with Crippen LogP contribution in [0.1, 0.15) is 5.89 Å². The molecule has 0 saturated carbocycles. The summed E-state index contributed by atoms with van der Waals surface area (Å²) in [4.78, 5) is 23.7. The van der Waals surface area contributed by atoms with Crippen molar-refractivity contribution in [1.82, 2.24) is 0 Å². The topological polar surface area (TPSA) is 134 Å². The summed E-state index contributed by atoms with van der Waals surface area (Å²) in [6.07, 6.45) is 5.16. The maximum Gasteiger partial charge on any atom is 0.374 e. The molecule has 226 valence electrons. The minimum Gasteiger partial charge on any atom is -0.492 e. The second-order valence-electron chi connectivity index (χ2n) is 9.85. The highest BCUT2D eigenvalue weighted by Crippen LogP contribution is 2.41. The number of hydrogen-bond donors (Lipinski definition) is 0. The van der Waals surface area contributed by atoms with Gasteiger partial charge in [-0.15, -0.1) is 0 Å². The third-order valence-corrected chi connectivity index (χ3v) is 6.98. The molecule has 0 saturated heterocycles. The number of fused-ring (bicyclic) bond motifs is 2. The number of allylic oxidation sites excluding steroid dienone is 2. The van der Waals surface area contributed by atoms with Gasteiger partial charge in [0.2, 0.25) is 11.5 Å². The Morgan fingerprint density at radius 3 is 2.13 bits per heavy atom. The second kappa shape index (κ2) is 13.0. The van der Waals surface area contributed by atoms with E-state index in [1.807, 2.05) is 70.1 Å². The lowest BCUT2D eigenvalue weighted by molar-refractivity contribution is -0.678. The van der Waals surface area contributed by atoms with E-state index < -0.39 is 9.85 Å². The van der Waals surface area contributed by atoms with E-state index in [1.54, 1.807) is 30.4 Å². The fourth-order valence-electron chi connectivity index (χ4n) is 4.88. The molecular formula is C33H27N4O8+. The first-order valence-corrected chi connectivity index (χ1v) is 14.0. The molecule has 1 aliphatic heterocycles. The summed E-state index contributed by atoms with van der Waals surface area (Å²) in [5.41, 5.74) is 1.53. The number of oxazole rings is 1. The van der Waals surface area contributed by atoms with Crippen LogP contribution >= 0.6 is 0 Å². The number of non-ortho nitro benzene ring substituents is 2. The van der Waals surface area contributed by atoms with Gasteiger partial charge < -0.3 is 23.5 Å². The number of hydrogen-bond acceptors (Lipinski definition) is 9. The number of benzene rings is 4. The van der Waals surface area contributed by atoms with Gasteiger partial charge in [-0.3, -0.25) is 20.2 Å². The first-order valence-electron chi connectivity index (χ1n) is 14.0. The maximum absolute atomic E-state index is 11.4. The van der Waals surface area contributed by atoms with Crippen molar-refractivity contribution in [2.24, 2.45) is 0 Å². The lowest BCUT2D eigenvalue weighted by Gasteiger charge is -2.18. The monoisotopic (exact) mass is 607 g/mol. The summed E-state index contributed by atoms with van der Waals surface area (Å²) in [5, 5.41) is 22.7. The van der Waals surface area contributed by atoms with Crippen LogP contribution in [-0.4, -0.2) is 29.6 Å². The number of aromatic nitrogens is 1. The average Bonchev–Trinajstić information content (AvgIpc) is 3.58. The highest BCUT2D eigenvalue weighted by molar-refractivity contribution is 5.73. The average molecular weight is 608 g/mol. The van der Waals surface area contributed by atoms with Crippen LogP contribution in [0.2, 0.25) is 0 Å². The van der Waals surface area contributed by atoms with E-state index in [0.29, 0.717) is 60.6 Å². The minimum absolute atomic E-state index is 0.0823. The van der Waals surface area contributed by atoms with Crippen molar-refractivity contribution in [2.75, 3.05) is 24.7 Å². The molecular weight excluding hydrogens is 580 g/mol. The molecule has 0 aliphatic carbocycles. The molecule has 45 heavy (non-hydrogen) atoms. The third-order valence-electron chi connectivity index (χ3n) is 6.98. The number of para-hydroxylation sites is 2. The SMILES string of the molecule is O=[N+]([O-])c1ccc2c(c1)O/C(=C\C=C\c1oc3cc([N+](=O)[O-])ccc3[n+]1CCOc1ccccc1)N2CCOc1ccccc1. The predicted molar refractivity (Wildman–Crippen MR) is 165 cm³/mol. The zero-order valence-corrected chi connectivity index (χ0v) is 23.9. The van der Waals surface area contributed by atoms with Gasteiger partial charge in [-0.1, -0.05) is 36.4 Å². The minimum atomic E-state index is -0.472. The highest BCUT2D eigenvalue weighted by atomic mass is 16.6. The molecule has 1 aromatic heterocycles. The lowest BCUT2D eigenvalue weighted by Crippen LogP contribution is -2.38. The Morgan fingerprint density at radius 2 is 1.44 bits per heavy atom. The van der Waals surface area contributed by atoms with Crippen LogP contribution in [0.15, 0.2) is 120 Å². The van der Waals surface area contributed by atoms with E-state index in [4.69, 9.17) is 18.6 Å². The molecule has 0 radical (unpaired) electrons. The molecule has 12 nitrogen and oxygen atoms in total. The van der Waals surface area contributed by atoms with Crippen molar-refractivity contribution in [1.29, 1.82) is 0 Å². The number of nitrogens with zero attached hydrogens (tertiary/aromatic N) is 4. The largest absolute Gasteiger partial charge is 0.492 e. The molecule has 12 heteroatoms. The second-order valence-corrected chi connectivity index (χ2v) is 9.85. The molecule has 0 amide bonds. The van der Waals surface area contributed by atoms with E-state index in [1.165, 1.54) is 24.3 Å². The summed E-state index contributed by atoms with van der Waals surface area (Å²) >= 11 is 0. The number of nitro benzene ring substituents is 2. The molecule has 6 rings (SSSR count). The quantitative estimate of drug-likeness (QED) is 0.0891. The van der Waals surface area contributed by atoms with Gasteiger partial charge in [0.05, 0.1) is 40.3 Å². The molecule has 0 bridgehead atoms. The van der Waals surface area contributed by atoms with Crippen molar-refractivity contribution in [3.05, 3.63) is 141 Å². The van der Waals surface area contributed by atoms with E-state index in [0.717, 1.165) is 11.5 Å². The van der Waals surface area contributed by atoms with Gasteiger partial charge in [0.1, 0.15) is 24.7 Å². The Balaban J connectivity index is 1.27. The zero-order valence-electron chi connectivity index (χ0n) is 23.9. The third kappa shape index (κ3) is 6.59. The fraction of sp³-hybridized carbons (Fsp3) is 0.121. The summed E-state index contributed by atoms with van der Waals surface area (Å²) < 4.78 is 25.7. The van der Waals surface area contributed by atoms with Crippen LogP contribution in [-0.2, 0) is 6.54 Å². The number of rotatable bonds is 12. The van der Waals surface area contributed by atoms with E-state index >= 15 is 0 Å². The molecule has 5 aromatic rings. The van der Waals surface area contributed by atoms with Crippen molar-refractivity contribution < 1.29 is 33.0 Å². The Kier molecular flexibility index (Phi) is 8.36. The van der Waals surface area contributed by atoms with Gasteiger partial charge in [-0.05, 0) is 42.5 Å². The van der Waals surface area contributed by atoms with Crippen molar-refractivity contribution in [2.45, 2.75) is 6.54 Å². The maximum atomic E-state index is 11.4. The van der Waals surface area contributed by atoms with Crippen molar-refractivity contribution in [3.8, 4) is 17.2 Å². The van der Waals surface area contributed by atoms with Gasteiger partial charge in [-0.2, -0.15) is 4.57 Å². The van der Waals surface area contributed by atoms with Crippen LogP contribution in [0, 0.1) is 20.2 Å². The van der Waals surface area contributed by atoms with E-state index in [2.05, 4.69) is 0 Å². The van der Waals surface area contributed by atoms with Crippen molar-refractivity contribution in [3.63, 3.8) is 0 Å². The molecule has 2 heterocycles. The van der Waals surface area contributed by atoms with E-state index in [-0.39, 0.29) is 11.4 Å². The van der Waals surface area contributed by atoms with Gasteiger partial charge in [0.15, 0.2) is 12.3 Å². The highest BCUT2D eigenvalue weighted by Gasteiger charge is 2.28. The summed E-state index contributed by atoms with van der Waals surface area (Å²) in [7, 11) is 0. The van der Waals surface area contributed by atoms with Crippen LogP contribution in [0.25, 0.3) is 17.2 Å². The van der Waals surface area contributed by atoms with Gasteiger partial charge >= 0.3 is 5.89 Å². The fourth-order valence-corrected chi connectivity index (χ4v) is 4.88. The summed E-state index contributed by atoms with van der Waals surface area (Å²) in [6, 6.07) is 27.7. The van der Waals surface area contributed by atoms with Gasteiger partial charge in [0.25, 0.3) is 16.9 Å². The number of anilines is 1. The molecule has 0 N–H and O–H groups in total. The Morgan fingerprint density at radius 1 is 0.800 bits per heavy atom. The molecule has 1 aliphatic rings. The Bertz CT molecular complexity index is 1900. The normalized spacial score (nSPS) is 13.2. The standard InChI is InChI=1S/C33H27N4O8/c38-36(39)24-14-16-28-30(22-24)44-32(34(28)18-20-42-26-8-3-1-4-9-26)12-7-13-33-35(19-21-43-27-10-5-2-6-11-27)29-17-15-25(37(40)41)23-31(29)45-33/h1-17,22-23H,18-21H2/q+1. The molecule has 0 unspecified atom stereocenters. The zero-order chi connectivity index (χ0) is 31.2. The smallest absolute Gasteiger partial charge is 0.374 e. The van der Waals surface area contributed by atoms with E-state index in [9.17, 15) is 20.2 Å². The molecule has 0 atom stereocenters. The first kappa shape index (κ1) is 28.9. The first-order chi connectivity index (χ1) is 22.0. The van der Waals surface area contributed by atoms with Crippen LogP contribution in [0.3, 0.4) is 0 Å². The van der Waals surface area contributed by atoms with Gasteiger partial charge in [-0.25, -0.2) is 0 Å². The summed E-state index contributed by atoms with van der Waals surface area (Å²) in [5.74, 6) is 2.66. The summed E-state index contributed by atoms with van der Waals surface area (Å²) in [6.45, 7) is 1.47. The number of ether oxygens (including phenoxy) is 3. The molecule has 0 spiro atoms. The Labute approximate surface area is 256 Å². The molecule has 4 aromatic carbocycles.